The van der Waals surface area contributed by atoms with Crippen molar-refractivity contribution in [2.45, 2.75) is 38.5 Å². The molecule has 0 atom stereocenters. The van der Waals surface area contributed by atoms with Crippen molar-refractivity contribution in [3.05, 3.63) is 72.0 Å². The summed E-state index contributed by atoms with van der Waals surface area (Å²) in [4.78, 5) is 27.2. The summed E-state index contributed by atoms with van der Waals surface area (Å²) in [6.07, 6.45) is 4.55. The number of likely N-dealkylation sites (tertiary alicyclic amines) is 1. The fourth-order valence-electron chi connectivity index (χ4n) is 4.22. The molecule has 5 rings (SSSR count). The van der Waals surface area contributed by atoms with E-state index in [4.69, 9.17) is 9.40 Å². The zero-order valence-corrected chi connectivity index (χ0v) is 17.7. The van der Waals surface area contributed by atoms with E-state index >= 15 is 0 Å². The second-order valence-electron chi connectivity index (χ2n) is 8.28. The predicted molar refractivity (Wildman–Crippen MR) is 120 cm³/mol. The number of hydrogen-bond acceptors (Lipinski definition) is 4. The van der Waals surface area contributed by atoms with E-state index in [0.29, 0.717) is 24.7 Å². The van der Waals surface area contributed by atoms with Gasteiger partial charge in [-0.3, -0.25) is 4.79 Å². The molecule has 0 bridgehead atoms. The lowest BCUT2D eigenvalue weighted by molar-refractivity contribution is -0.132. The zero-order chi connectivity index (χ0) is 21.2. The van der Waals surface area contributed by atoms with Crippen molar-refractivity contribution in [3.8, 4) is 11.3 Å². The highest BCUT2D eigenvalue weighted by molar-refractivity contribution is 5.76. The number of oxazole rings is 1. The van der Waals surface area contributed by atoms with E-state index in [2.05, 4.69) is 35.1 Å². The highest BCUT2D eigenvalue weighted by Gasteiger charge is 2.25. The number of carbonyl (C=O) groups excluding carboxylic acids is 1. The van der Waals surface area contributed by atoms with Gasteiger partial charge in [0, 0.05) is 37.4 Å². The number of fused-ring (bicyclic) bond motifs is 1. The van der Waals surface area contributed by atoms with Gasteiger partial charge in [0.25, 0.3) is 0 Å². The summed E-state index contributed by atoms with van der Waals surface area (Å²) in [5, 5.41) is 0. The van der Waals surface area contributed by atoms with E-state index < -0.39 is 0 Å². The van der Waals surface area contributed by atoms with Crippen LogP contribution in [0.3, 0.4) is 0 Å². The summed E-state index contributed by atoms with van der Waals surface area (Å²) in [5.41, 5.74) is 4.29. The number of piperidine rings is 1. The molecule has 3 heterocycles. The maximum Gasteiger partial charge on any atom is 0.223 e. The van der Waals surface area contributed by atoms with E-state index in [9.17, 15) is 4.79 Å². The molecule has 6 heteroatoms. The smallest absolute Gasteiger partial charge is 0.223 e. The van der Waals surface area contributed by atoms with Crippen molar-refractivity contribution >= 4 is 16.9 Å². The Kier molecular flexibility index (Phi) is 5.28. The van der Waals surface area contributed by atoms with Crippen molar-refractivity contribution in [1.29, 1.82) is 0 Å². The van der Waals surface area contributed by atoms with Gasteiger partial charge in [0.05, 0.1) is 17.2 Å². The molecule has 1 amide bonds. The Bertz CT molecular complexity index is 1150. The van der Waals surface area contributed by atoms with Gasteiger partial charge in [-0.2, -0.15) is 0 Å². The first-order chi connectivity index (χ1) is 15.2. The third-order valence-electron chi connectivity index (χ3n) is 6.08. The Morgan fingerprint density at radius 3 is 2.68 bits per heavy atom. The topological polar surface area (TPSA) is 75.0 Å². The molecule has 158 valence electrons. The number of nitrogens with one attached hydrogen (secondary N) is 1. The fourth-order valence-corrected chi connectivity index (χ4v) is 4.22. The minimum absolute atomic E-state index is 0.165. The van der Waals surface area contributed by atoms with Crippen molar-refractivity contribution < 1.29 is 9.21 Å². The summed E-state index contributed by atoms with van der Waals surface area (Å²) in [6, 6.07) is 16.3. The number of para-hydroxylation sites is 2. The Morgan fingerprint density at radius 1 is 1.13 bits per heavy atom. The van der Waals surface area contributed by atoms with Crippen molar-refractivity contribution in [2.24, 2.45) is 0 Å². The second-order valence-corrected chi connectivity index (χ2v) is 8.28. The molecule has 4 aromatic rings. The summed E-state index contributed by atoms with van der Waals surface area (Å²) in [7, 11) is 0. The van der Waals surface area contributed by atoms with Gasteiger partial charge in [0.15, 0.2) is 11.7 Å². The van der Waals surface area contributed by atoms with Crippen LogP contribution >= 0.6 is 0 Å². The standard InChI is InChI=1S/C25H26N4O2/c1-17-6-8-18(9-7-17)22-16-26-23(31-22)10-11-24(30)29-14-12-19(13-15-29)25-27-20-4-2-3-5-21(20)28-25/h2-9,16,19H,10-15H2,1H3,(H,27,28). The number of carbonyl (C=O) groups is 1. The van der Waals surface area contributed by atoms with Gasteiger partial charge in [0.1, 0.15) is 5.82 Å². The van der Waals surface area contributed by atoms with Gasteiger partial charge >= 0.3 is 0 Å². The lowest BCUT2D eigenvalue weighted by Gasteiger charge is -2.31. The van der Waals surface area contributed by atoms with Gasteiger partial charge in [-0.15, -0.1) is 0 Å². The quantitative estimate of drug-likeness (QED) is 0.506. The van der Waals surface area contributed by atoms with Gasteiger partial charge in [0.2, 0.25) is 5.91 Å². The highest BCUT2D eigenvalue weighted by atomic mass is 16.4. The summed E-state index contributed by atoms with van der Waals surface area (Å²) in [5.74, 6) is 2.94. The van der Waals surface area contributed by atoms with Crippen LogP contribution in [0.5, 0.6) is 0 Å². The van der Waals surface area contributed by atoms with Crippen LogP contribution in [-0.2, 0) is 11.2 Å². The van der Waals surface area contributed by atoms with E-state index in [1.807, 2.05) is 35.2 Å². The van der Waals surface area contributed by atoms with Crippen LogP contribution < -0.4 is 0 Å². The Balaban J connectivity index is 1.14. The molecule has 0 unspecified atom stereocenters. The molecule has 1 fully saturated rings. The summed E-state index contributed by atoms with van der Waals surface area (Å²) >= 11 is 0. The number of nitrogens with zero attached hydrogens (tertiary/aromatic N) is 3. The van der Waals surface area contributed by atoms with Crippen LogP contribution in [-0.4, -0.2) is 38.8 Å². The maximum atomic E-state index is 12.7. The number of aromatic amines is 1. The van der Waals surface area contributed by atoms with Gasteiger partial charge in [-0.05, 0) is 31.9 Å². The van der Waals surface area contributed by atoms with Crippen molar-refractivity contribution in [1.82, 2.24) is 19.9 Å². The monoisotopic (exact) mass is 414 g/mol. The van der Waals surface area contributed by atoms with Crippen LogP contribution in [0, 0.1) is 6.92 Å². The molecule has 6 nitrogen and oxygen atoms in total. The molecule has 31 heavy (non-hydrogen) atoms. The van der Waals surface area contributed by atoms with Crippen LogP contribution in [0.2, 0.25) is 0 Å². The first-order valence-corrected chi connectivity index (χ1v) is 10.9. The summed E-state index contributed by atoms with van der Waals surface area (Å²) < 4.78 is 5.86. The second kappa shape index (κ2) is 8.38. The van der Waals surface area contributed by atoms with E-state index in [1.54, 1.807) is 6.20 Å². The third-order valence-corrected chi connectivity index (χ3v) is 6.08. The SMILES string of the molecule is Cc1ccc(-c2cnc(CCC(=O)N3CCC(c4nc5ccccc5[nH]4)CC3)o2)cc1. The predicted octanol–water partition coefficient (Wildman–Crippen LogP) is 4.87. The van der Waals surface area contributed by atoms with Gasteiger partial charge in [-0.25, -0.2) is 9.97 Å². The number of rotatable bonds is 5. The first-order valence-electron chi connectivity index (χ1n) is 10.9. The molecular formula is C25H26N4O2. The molecule has 1 aliphatic rings. The van der Waals surface area contributed by atoms with Crippen LogP contribution in [0.25, 0.3) is 22.4 Å². The molecule has 0 saturated carbocycles. The lowest BCUT2D eigenvalue weighted by atomic mass is 9.96. The number of H-pyrrole nitrogens is 1. The average molecular weight is 415 g/mol. The normalized spacial score (nSPS) is 14.9. The van der Waals surface area contributed by atoms with E-state index in [-0.39, 0.29) is 5.91 Å². The summed E-state index contributed by atoms with van der Waals surface area (Å²) in [6.45, 7) is 3.59. The number of hydrogen-bond donors (Lipinski definition) is 1. The highest BCUT2D eigenvalue weighted by Crippen LogP contribution is 2.28. The first kappa shape index (κ1) is 19.5. The largest absolute Gasteiger partial charge is 0.441 e. The Morgan fingerprint density at radius 2 is 1.90 bits per heavy atom. The molecule has 1 N–H and O–H groups in total. The molecule has 1 saturated heterocycles. The average Bonchev–Trinajstić information content (AvgIpc) is 3.45. The minimum atomic E-state index is 0.165. The molecule has 0 aliphatic carbocycles. The van der Waals surface area contributed by atoms with Crippen LogP contribution in [0.1, 0.15) is 42.5 Å². The number of aryl methyl sites for hydroxylation is 2. The maximum absolute atomic E-state index is 12.7. The molecule has 0 spiro atoms. The molecule has 2 aromatic heterocycles. The molecular weight excluding hydrogens is 388 g/mol. The van der Waals surface area contributed by atoms with Gasteiger partial charge in [-0.1, -0.05) is 42.0 Å². The van der Waals surface area contributed by atoms with Crippen LogP contribution in [0.15, 0.2) is 59.1 Å². The minimum Gasteiger partial charge on any atom is -0.441 e. The van der Waals surface area contributed by atoms with Crippen molar-refractivity contribution in [2.75, 3.05) is 13.1 Å². The molecule has 1 aliphatic heterocycles. The Hall–Kier alpha value is -3.41. The molecule has 2 aromatic carbocycles. The third kappa shape index (κ3) is 4.24. The van der Waals surface area contributed by atoms with E-state index in [0.717, 1.165) is 54.1 Å². The lowest BCUT2D eigenvalue weighted by Crippen LogP contribution is -2.38. The number of amides is 1. The van der Waals surface area contributed by atoms with Gasteiger partial charge < -0.3 is 14.3 Å². The number of aromatic nitrogens is 3. The fraction of sp³-hybridized carbons (Fsp3) is 0.320. The zero-order valence-electron chi connectivity index (χ0n) is 17.7. The number of benzene rings is 2. The van der Waals surface area contributed by atoms with Crippen molar-refractivity contribution in [3.63, 3.8) is 0 Å². The molecule has 0 radical (unpaired) electrons. The Labute approximate surface area is 181 Å². The van der Waals surface area contributed by atoms with Crippen LogP contribution in [0.4, 0.5) is 0 Å². The van der Waals surface area contributed by atoms with E-state index in [1.165, 1.54) is 5.56 Å². The number of imidazole rings is 1.